The first-order valence-corrected chi connectivity index (χ1v) is 4.07. The van der Waals surface area contributed by atoms with Crippen molar-refractivity contribution < 1.29 is 0 Å². The Morgan fingerprint density at radius 2 is 2.25 bits per heavy atom. The molecule has 2 heteroatoms. The molecule has 1 aromatic rings. The molecule has 0 spiro atoms. The summed E-state index contributed by atoms with van der Waals surface area (Å²) < 4.78 is 0. The molecule has 60 valence electrons. The summed E-state index contributed by atoms with van der Waals surface area (Å²) in [5, 5.41) is 8.65. The van der Waals surface area contributed by atoms with E-state index < -0.39 is 0 Å². The molecule has 1 saturated carbocycles. The lowest BCUT2D eigenvalue weighted by Gasteiger charge is -1.97. The van der Waals surface area contributed by atoms with Gasteiger partial charge in [0.25, 0.3) is 0 Å². The largest absolute Gasteiger partial charge is 0.327 e. The minimum Gasteiger partial charge on any atom is -0.327 e. The second-order valence-corrected chi connectivity index (χ2v) is 3.24. The van der Waals surface area contributed by atoms with Crippen LogP contribution in [-0.2, 0) is 0 Å². The van der Waals surface area contributed by atoms with Gasteiger partial charge in [-0.1, -0.05) is 12.1 Å². The van der Waals surface area contributed by atoms with E-state index in [0.717, 1.165) is 12.0 Å². The van der Waals surface area contributed by atoms with Crippen molar-refractivity contribution >= 4 is 0 Å². The van der Waals surface area contributed by atoms with Crippen LogP contribution in [0, 0.1) is 11.3 Å². The molecule has 0 unspecified atom stereocenters. The smallest absolute Gasteiger partial charge is 0.0991 e. The number of nitriles is 1. The predicted molar refractivity (Wildman–Crippen MR) is 46.5 cm³/mol. The second-order valence-electron chi connectivity index (χ2n) is 3.24. The summed E-state index contributed by atoms with van der Waals surface area (Å²) >= 11 is 0. The highest BCUT2D eigenvalue weighted by Gasteiger charge is 2.34. The van der Waals surface area contributed by atoms with Crippen molar-refractivity contribution in [3.8, 4) is 6.07 Å². The van der Waals surface area contributed by atoms with Gasteiger partial charge in [-0.15, -0.1) is 0 Å². The molecule has 0 amide bonds. The Labute approximate surface area is 71.6 Å². The van der Waals surface area contributed by atoms with Gasteiger partial charge in [-0.05, 0) is 24.1 Å². The molecule has 12 heavy (non-hydrogen) atoms. The monoisotopic (exact) mass is 158 g/mol. The number of nitrogens with zero attached hydrogens (tertiary/aromatic N) is 1. The van der Waals surface area contributed by atoms with Gasteiger partial charge in [-0.2, -0.15) is 5.26 Å². The number of hydrogen-bond donors (Lipinski definition) is 1. The van der Waals surface area contributed by atoms with E-state index in [1.54, 1.807) is 0 Å². The van der Waals surface area contributed by atoms with Crippen molar-refractivity contribution in [1.29, 1.82) is 5.26 Å². The summed E-state index contributed by atoms with van der Waals surface area (Å²) in [7, 11) is 0. The van der Waals surface area contributed by atoms with Crippen LogP contribution in [0.15, 0.2) is 24.3 Å². The molecule has 1 aliphatic carbocycles. The third kappa shape index (κ3) is 1.19. The number of rotatable bonds is 1. The molecule has 2 nitrogen and oxygen atoms in total. The molecular weight excluding hydrogens is 148 g/mol. The number of nitrogens with two attached hydrogens (primary N) is 1. The molecular formula is C10H10N2. The van der Waals surface area contributed by atoms with E-state index in [1.807, 2.05) is 24.3 Å². The average molecular weight is 158 g/mol. The highest BCUT2D eigenvalue weighted by Crippen LogP contribution is 2.38. The standard InChI is InChI=1S/C10H10N2/c11-6-7-2-1-3-8(4-7)9-5-10(9)12/h1-4,9-10H,5,12H2/t9-,10+/m0/s1. The van der Waals surface area contributed by atoms with Crippen LogP contribution in [0.5, 0.6) is 0 Å². The minimum atomic E-state index is 0.318. The zero-order valence-electron chi connectivity index (χ0n) is 6.70. The number of hydrogen-bond acceptors (Lipinski definition) is 2. The molecule has 2 atom stereocenters. The Bertz CT molecular complexity index is 338. The lowest BCUT2D eigenvalue weighted by Crippen LogP contribution is -2.00. The van der Waals surface area contributed by atoms with E-state index in [4.69, 9.17) is 11.0 Å². The van der Waals surface area contributed by atoms with E-state index in [0.29, 0.717) is 12.0 Å². The third-order valence-corrected chi connectivity index (χ3v) is 2.28. The summed E-state index contributed by atoms with van der Waals surface area (Å²) in [5.41, 5.74) is 7.65. The van der Waals surface area contributed by atoms with E-state index in [-0.39, 0.29) is 0 Å². The molecule has 0 aromatic heterocycles. The first kappa shape index (κ1) is 7.33. The first-order valence-electron chi connectivity index (χ1n) is 4.07. The summed E-state index contributed by atoms with van der Waals surface area (Å²) in [6, 6.07) is 10.1. The molecule has 0 bridgehead atoms. The molecule has 0 radical (unpaired) electrons. The van der Waals surface area contributed by atoms with Crippen molar-refractivity contribution in [2.24, 2.45) is 5.73 Å². The zero-order valence-corrected chi connectivity index (χ0v) is 6.70. The predicted octanol–water partition coefficient (Wildman–Crippen LogP) is 1.37. The molecule has 1 fully saturated rings. The highest BCUT2D eigenvalue weighted by molar-refractivity contribution is 5.37. The van der Waals surface area contributed by atoms with Crippen LogP contribution in [0.2, 0.25) is 0 Å². The normalized spacial score (nSPS) is 26.3. The fraction of sp³-hybridized carbons (Fsp3) is 0.300. The van der Waals surface area contributed by atoms with Gasteiger partial charge in [0.05, 0.1) is 11.6 Å². The molecule has 1 aromatic carbocycles. The molecule has 0 heterocycles. The minimum absolute atomic E-state index is 0.318. The van der Waals surface area contributed by atoms with E-state index in [9.17, 15) is 0 Å². The van der Waals surface area contributed by atoms with Crippen LogP contribution in [0.25, 0.3) is 0 Å². The molecule has 1 aliphatic rings. The van der Waals surface area contributed by atoms with Gasteiger partial charge in [0.15, 0.2) is 0 Å². The van der Waals surface area contributed by atoms with Crippen LogP contribution in [0.1, 0.15) is 23.5 Å². The molecule has 0 aliphatic heterocycles. The Morgan fingerprint density at radius 1 is 1.50 bits per heavy atom. The van der Waals surface area contributed by atoms with Gasteiger partial charge in [0.1, 0.15) is 0 Å². The first-order chi connectivity index (χ1) is 5.81. The van der Waals surface area contributed by atoms with Crippen LogP contribution in [-0.4, -0.2) is 6.04 Å². The Kier molecular flexibility index (Phi) is 1.60. The highest BCUT2D eigenvalue weighted by atomic mass is 14.7. The van der Waals surface area contributed by atoms with E-state index >= 15 is 0 Å². The lowest BCUT2D eigenvalue weighted by atomic mass is 10.1. The lowest BCUT2D eigenvalue weighted by molar-refractivity contribution is 0.990. The van der Waals surface area contributed by atoms with Crippen molar-refractivity contribution in [1.82, 2.24) is 0 Å². The molecule has 2 N–H and O–H groups in total. The van der Waals surface area contributed by atoms with Gasteiger partial charge in [0, 0.05) is 12.0 Å². The van der Waals surface area contributed by atoms with Crippen molar-refractivity contribution in [3.05, 3.63) is 35.4 Å². The molecule has 0 saturated heterocycles. The second kappa shape index (κ2) is 2.62. The fourth-order valence-corrected chi connectivity index (χ4v) is 1.44. The Morgan fingerprint density at radius 3 is 2.83 bits per heavy atom. The van der Waals surface area contributed by atoms with Gasteiger partial charge in [-0.3, -0.25) is 0 Å². The summed E-state index contributed by atoms with van der Waals surface area (Å²) in [5.74, 6) is 0.498. The fourth-order valence-electron chi connectivity index (χ4n) is 1.44. The Hall–Kier alpha value is -1.33. The van der Waals surface area contributed by atoms with Crippen LogP contribution in [0.4, 0.5) is 0 Å². The van der Waals surface area contributed by atoms with Gasteiger partial charge in [0.2, 0.25) is 0 Å². The maximum atomic E-state index is 8.65. The maximum Gasteiger partial charge on any atom is 0.0991 e. The van der Waals surface area contributed by atoms with Crippen LogP contribution < -0.4 is 5.73 Å². The summed E-state index contributed by atoms with van der Waals surface area (Å²) in [6.45, 7) is 0. The molecule has 2 rings (SSSR count). The Balaban J connectivity index is 2.29. The van der Waals surface area contributed by atoms with Crippen LogP contribution >= 0.6 is 0 Å². The van der Waals surface area contributed by atoms with Crippen molar-refractivity contribution in [2.75, 3.05) is 0 Å². The van der Waals surface area contributed by atoms with Gasteiger partial charge >= 0.3 is 0 Å². The summed E-state index contributed by atoms with van der Waals surface area (Å²) in [6.07, 6.45) is 1.06. The summed E-state index contributed by atoms with van der Waals surface area (Å²) in [4.78, 5) is 0. The zero-order chi connectivity index (χ0) is 8.55. The van der Waals surface area contributed by atoms with Gasteiger partial charge < -0.3 is 5.73 Å². The van der Waals surface area contributed by atoms with Crippen LogP contribution in [0.3, 0.4) is 0 Å². The SMILES string of the molecule is N#Cc1cccc([C@@H]2C[C@H]2N)c1. The number of benzene rings is 1. The average Bonchev–Trinajstić information content (AvgIpc) is 2.83. The van der Waals surface area contributed by atoms with E-state index in [2.05, 4.69) is 6.07 Å². The quantitative estimate of drug-likeness (QED) is 0.671. The van der Waals surface area contributed by atoms with Crippen molar-refractivity contribution in [3.63, 3.8) is 0 Å². The maximum absolute atomic E-state index is 8.65. The third-order valence-electron chi connectivity index (χ3n) is 2.28. The van der Waals surface area contributed by atoms with Gasteiger partial charge in [-0.25, -0.2) is 0 Å². The van der Waals surface area contributed by atoms with E-state index in [1.165, 1.54) is 5.56 Å². The topological polar surface area (TPSA) is 49.8 Å². The van der Waals surface area contributed by atoms with Crippen molar-refractivity contribution in [2.45, 2.75) is 18.4 Å².